The largest absolute Gasteiger partial charge is 0.477 e. The molecule has 0 aliphatic rings. The summed E-state index contributed by atoms with van der Waals surface area (Å²) in [7, 11) is 0. The van der Waals surface area contributed by atoms with Gasteiger partial charge in [0.15, 0.2) is 11.3 Å². The van der Waals surface area contributed by atoms with E-state index < -0.39 is 35.1 Å². The lowest BCUT2D eigenvalue weighted by atomic mass is 9.78. The van der Waals surface area contributed by atoms with Crippen LogP contribution in [0.5, 0.6) is 0 Å². The first-order chi connectivity index (χ1) is 15.8. The van der Waals surface area contributed by atoms with Crippen LogP contribution in [-0.2, 0) is 5.60 Å². The van der Waals surface area contributed by atoms with Gasteiger partial charge in [0.05, 0.1) is 0 Å². The second-order valence-corrected chi connectivity index (χ2v) is 8.05. The van der Waals surface area contributed by atoms with Gasteiger partial charge in [-0.15, -0.1) is 0 Å². The van der Waals surface area contributed by atoms with Crippen molar-refractivity contribution in [1.29, 1.82) is 0 Å². The van der Waals surface area contributed by atoms with Crippen LogP contribution in [-0.4, -0.2) is 38.2 Å². The number of benzene rings is 1. The quantitative estimate of drug-likeness (QED) is 0.386. The molecule has 2 atom stereocenters. The van der Waals surface area contributed by atoms with E-state index in [1.165, 1.54) is 30.3 Å². The molecule has 1 amide bonds. The van der Waals surface area contributed by atoms with Crippen LogP contribution in [0.1, 0.15) is 44.8 Å². The number of rotatable bonds is 6. The van der Waals surface area contributed by atoms with E-state index in [2.05, 4.69) is 15.3 Å². The van der Waals surface area contributed by atoms with Crippen LogP contribution in [0.25, 0.3) is 0 Å². The van der Waals surface area contributed by atoms with Gasteiger partial charge in [-0.05, 0) is 47.5 Å². The molecule has 1 aromatic carbocycles. The summed E-state index contributed by atoms with van der Waals surface area (Å²) in [6.07, 6.45) is -4.05. The highest BCUT2D eigenvalue weighted by Crippen LogP contribution is 2.50. The number of nitrogens with one attached hydrogen (secondary N) is 1. The van der Waals surface area contributed by atoms with Crippen molar-refractivity contribution in [2.45, 2.75) is 24.6 Å². The van der Waals surface area contributed by atoms with Crippen LogP contribution in [0.3, 0.4) is 0 Å². The average molecular weight is 514 g/mol. The fourth-order valence-electron chi connectivity index (χ4n) is 3.36. The number of anilines is 1. The topological polar surface area (TPSA) is 112 Å². The smallest absolute Gasteiger partial charge is 0.422 e. The Kier molecular flexibility index (Phi) is 7.15. The molecule has 34 heavy (non-hydrogen) atoms. The summed E-state index contributed by atoms with van der Waals surface area (Å²) >= 11 is 12.0. The Morgan fingerprint density at radius 3 is 2.38 bits per heavy atom. The van der Waals surface area contributed by atoms with E-state index in [9.17, 15) is 27.9 Å². The Labute approximate surface area is 201 Å². The van der Waals surface area contributed by atoms with E-state index >= 15 is 0 Å². The molecule has 3 aromatic rings. The zero-order valence-electron chi connectivity index (χ0n) is 17.3. The summed E-state index contributed by atoms with van der Waals surface area (Å²) in [5.74, 6) is -3.64. The third-order valence-electron chi connectivity index (χ3n) is 5.16. The first-order valence-corrected chi connectivity index (χ1v) is 10.3. The van der Waals surface area contributed by atoms with Gasteiger partial charge in [0.1, 0.15) is 11.0 Å². The van der Waals surface area contributed by atoms with Crippen LogP contribution < -0.4 is 5.32 Å². The van der Waals surface area contributed by atoms with Crippen molar-refractivity contribution in [3.63, 3.8) is 0 Å². The number of aliphatic hydroxyl groups is 1. The molecule has 0 saturated carbocycles. The number of carboxylic acid groups (broad SMARTS) is 1. The number of hydrogen-bond acceptors (Lipinski definition) is 5. The molecule has 2 heterocycles. The van der Waals surface area contributed by atoms with Gasteiger partial charge in [-0.25, -0.2) is 14.8 Å². The van der Waals surface area contributed by atoms with Crippen molar-refractivity contribution in [2.24, 2.45) is 0 Å². The predicted octanol–water partition coefficient (Wildman–Crippen LogP) is 5.29. The number of halogens is 5. The number of alkyl halides is 3. The highest BCUT2D eigenvalue weighted by molar-refractivity contribution is 6.32. The minimum absolute atomic E-state index is 0.0222. The number of carboxylic acids is 1. The molecule has 12 heteroatoms. The standard InChI is InChI=1S/C22H16Cl2F3N3O4/c1-11(21(34,22(25,26)27)13-7-8-28-17(24)10-13)14-6-5-12(9-15(14)23)19(31)30-18-4-2-3-16(29-18)20(32)33/h2-11,34H,1H3,(H,32,33)(H,29,30,31)/t11-,21-/m1/s1. The zero-order chi connectivity index (χ0) is 25.3. The van der Waals surface area contributed by atoms with Gasteiger partial charge in [-0.3, -0.25) is 4.79 Å². The van der Waals surface area contributed by atoms with Crippen LogP contribution in [0.4, 0.5) is 19.0 Å². The normalized spacial score (nSPS) is 14.2. The molecule has 0 spiro atoms. The van der Waals surface area contributed by atoms with Crippen LogP contribution in [0.2, 0.25) is 10.2 Å². The fourth-order valence-corrected chi connectivity index (χ4v) is 3.87. The van der Waals surface area contributed by atoms with E-state index in [1.807, 2.05) is 0 Å². The summed E-state index contributed by atoms with van der Waals surface area (Å²) in [4.78, 5) is 31.0. The zero-order valence-corrected chi connectivity index (χ0v) is 18.8. The molecule has 0 aliphatic carbocycles. The number of hydrogen-bond donors (Lipinski definition) is 3. The Bertz CT molecular complexity index is 1260. The predicted molar refractivity (Wildman–Crippen MR) is 118 cm³/mol. The lowest BCUT2D eigenvalue weighted by molar-refractivity contribution is -0.274. The Hall–Kier alpha value is -3.21. The second kappa shape index (κ2) is 9.57. The summed E-state index contributed by atoms with van der Waals surface area (Å²) in [5, 5.41) is 21.8. The Morgan fingerprint density at radius 1 is 1.09 bits per heavy atom. The van der Waals surface area contributed by atoms with Crippen LogP contribution in [0, 0.1) is 0 Å². The third kappa shape index (κ3) is 4.98. The third-order valence-corrected chi connectivity index (χ3v) is 5.70. The minimum Gasteiger partial charge on any atom is -0.477 e. The number of amides is 1. The van der Waals surface area contributed by atoms with Crippen molar-refractivity contribution in [3.05, 3.63) is 87.3 Å². The summed E-state index contributed by atoms with van der Waals surface area (Å²) < 4.78 is 42.2. The number of carbonyl (C=O) groups is 2. The highest BCUT2D eigenvalue weighted by atomic mass is 35.5. The maximum Gasteiger partial charge on any atom is 0.422 e. The van der Waals surface area contributed by atoms with Crippen molar-refractivity contribution < 1.29 is 33.0 Å². The number of carbonyl (C=O) groups excluding carboxylic acids is 1. The molecule has 0 saturated heterocycles. The van der Waals surface area contributed by atoms with Gasteiger partial charge in [-0.2, -0.15) is 13.2 Å². The molecular formula is C22H16Cl2F3N3O4. The summed E-state index contributed by atoms with van der Waals surface area (Å²) in [5.41, 5.74) is -4.26. The molecule has 3 N–H and O–H groups in total. The van der Waals surface area contributed by atoms with Crippen molar-refractivity contribution >= 4 is 40.9 Å². The second-order valence-electron chi connectivity index (χ2n) is 7.26. The maximum atomic E-state index is 14.1. The summed E-state index contributed by atoms with van der Waals surface area (Å²) in [6.45, 7) is 1.14. The van der Waals surface area contributed by atoms with Gasteiger partial charge in [0.25, 0.3) is 5.91 Å². The van der Waals surface area contributed by atoms with E-state index in [0.717, 1.165) is 31.3 Å². The Morgan fingerprint density at radius 2 is 1.79 bits per heavy atom. The van der Waals surface area contributed by atoms with Gasteiger partial charge in [0.2, 0.25) is 0 Å². The van der Waals surface area contributed by atoms with E-state index in [-0.39, 0.29) is 32.8 Å². The lowest BCUT2D eigenvalue weighted by Crippen LogP contribution is -2.46. The van der Waals surface area contributed by atoms with E-state index in [1.54, 1.807) is 0 Å². The molecule has 7 nitrogen and oxygen atoms in total. The molecule has 178 valence electrons. The van der Waals surface area contributed by atoms with Gasteiger partial charge in [0, 0.05) is 22.7 Å². The maximum absolute atomic E-state index is 14.1. The number of aromatic nitrogens is 2. The lowest BCUT2D eigenvalue weighted by Gasteiger charge is -2.37. The van der Waals surface area contributed by atoms with Crippen LogP contribution >= 0.6 is 23.2 Å². The van der Waals surface area contributed by atoms with Gasteiger partial charge >= 0.3 is 12.1 Å². The van der Waals surface area contributed by atoms with E-state index in [4.69, 9.17) is 28.3 Å². The molecule has 0 bridgehead atoms. The number of aromatic carboxylic acids is 1. The monoisotopic (exact) mass is 513 g/mol. The van der Waals surface area contributed by atoms with Crippen molar-refractivity contribution in [2.75, 3.05) is 5.32 Å². The molecule has 0 unspecified atom stereocenters. The first kappa shape index (κ1) is 25.4. The molecule has 2 aromatic heterocycles. The molecule has 0 radical (unpaired) electrons. The number of nitrogens with zero attached hydrogens (tertiary/aromatic N) is 2. The van der Waals surface area contributed by atoms with Crippen molar-refractivity contribution in [1.82, 2.24) is 9.97 Å². The van der Waals surface area contributed by atoms with Gasteiger partial charge < -0.3 is 15.5 Å². The molecule has 3 rings (SSSR count). The first-order valence-electron chi connectivity index (χ1n) is 9.57. The Balaban J connectivity index is 1.93. The molecule has 0 aliphatic heterocycles. The fraction of sp³-hybridized carbons (Fsp3) is 0.182. The molecule has 0 fully saturated rings. The molecular weight excluding hydrogens is 498 g/mol. The summed E-state index contributed by atoms with van der Waals surface area (Å²) in [6, 6.07) is 9.47. The average Bonchev–Trinajstić information content (AvgIpc) is 2.77. The van der Waals surface area contributed by atoms with Crippen LogP contribution in [0.15, 0.2) is 54.7 Å². The number of pyridine rings is 2. The van der Waals surface area contributed by atoms with Crippen molar-refractivity contribution in [3.8, 4) is 0 Å². The SMILES string of the molecule is C[C@H](c1ccc(C(=O)Nc2cccc(C(=O)O)n2)cc1Cl)[C@@](O)(c1ccnc(Cl)c1)C(F)(F)F. The van der Waals surface area contributed by atoms with Gasteiger partial charge in [-0.1, -0.05) is 42.3 Å². The highest BCUT2D eigenvalue weighted by Gasteiger charge is 2.59. The minimum atomic E-state index is -5.10. The van der Waals surface area contributed by atoms with E-state index in [0.29, 0.717) is 0 Å².